The van der Waals surface area contributed by atoms with E-state index in [0.717, 1.165) is 11.1 Å². The molecule has 2 aromatic carbocycles. The van der Waals surface area contributed by atoms with E-state index in [9.17, 15) is 14.4 Å². The molecule has 1 N–H and O–H groups in total. The summed E-state index contributed by atoms with van der Waals surface area (Å²) in [6.07, 6.45) is 0.433. The predicted octanol–water partition coefficient (Wildman–Crippen LogP) is 6.01. The Morgan fingerprint density at radius 2 is 1.74 bits per heavy atom. The summed E-state index contributed by atoms with van der Waals surface area (Å²) in [4.78, 5) is 41.8. The first-order valence-electron chi connectivity index (χ1n) is 14.1. The second kappa shape index (κ2) is 13.2. The van der Waals surface area contributed by atoms with Gasteiger partial charge >= 0.3 is 6.09 Å². The standard InChI is InChI=1S/C32H38ClN5O4/c1-6-25(28-35-38-26(17-18-27(38)33)30(40)37(28)21-23-11-8-7-9-12-23)36(29(39)24-15-13-22(2)14-16-24)20-10-19-34-31(41)42-32(3,4)5/h7-9,11-18,25H,6,10,19-21H2,1-5H3,(H,34,41). The molecular weight excluding hydrogens is 554 g/mol. The average molecular weight is 592 g/mol. The van der Waals surface area contributed by atoms with Gasteiger partial charge < -0.3 is 15.0 Å². The van der Waals surface area contributed by atoms with Crippen LogP contribution in [-0.4, -0.2) is 49.8 Å². The molecule has 2 aromatic heterocycles. The lowest BCUT2D eigenvalue weighted by atomic mass is 10.1. The summed E-state index contributed by atoms with van der Waals surface area (Å²) in [5.74, 6) is 0.232. The first kappa shape index (κ1) is 30.8. The average Bonchev–Trinajstić information content (AvgIpc) is 3.32. The maximum Gasteiger partial charge on any atom is 0.407 e. The van der Waals surface area contributed by atoms with Crippen molar-refractivity contribution in [3.05, 3.63) is 105 Å². The van der Waals surface area contributed by atoms with Crippen molar-refractivity contribution in [3.63, 3.8) is 0 Å². The van der Waals surface area contributed by atoms with Crippen molar-refractivity contribution in [2.24, 2.45) is 0 Å². The number of nitrogens with one attached hydrogen (secondary N) is 1. The second-order valence-corrected chi connectivity index (χ2v) is 11.6. The zero-order valence-corrected chi connectivity index (χ0v) is 25.5. The SMILES string of the molecule is CCC(c1nn2c(Cl)ccc2c(=O)n1Cc1ccccc1)N(CCCNC(=O)OC(C)(C)C)C(=O)c1ccc(C)cc1. The van der Waals surface area contributed by atoms with Crippen LogP contribution in [-0.2, 0) is 11.3 Å². The van der Waals surface area contributed by atoms with Crippen molar-refractivity contribution in [2.45, 2.75) is 65.6 Å². The predicted molar refractivity (Wildman–Crippen MR) is 164 cm³/mol. The normalized spacial score (nSPS) is 12.2. The number of rotatable bonds is 10. The van der Waals surface area contributed by atoms with Crippen LogP contribution in [0, 0.1) is 6.92 Å². The topological polar surface area (TPSA) is 97.9 Å². The van der Waals surface area contributed by atoms with Gasteiger partial charge in [0.2, 0.25) is 0 Å². The van der Waals surface area contributed by atoms with Gasteiger partial charge in [-0.05, 0) is 70.4 Å². The molecule has 0 aliphatic rings. The molecule has 0 spiro atoms. The molecule has 10 heteroatoms. The van der Waals surface area contributed by atoms with Crippen LogP contribution in [0.5, 0.6) is 0 Å². The Morgan fingerprint density at radius 1 is 1.05 bits per heavy atom. The summed E-state index contributed by atoms with van der Waals surface area (Å²) in [7, 11) is 0. The Hall–Kier alpha value is -4.11. The number of hydrogen-bond acceptors (Lipinski definition) is 5. The van der Waals surface area contributed by atoms with Gasteiger partial charge in [0.1, 0.15) is 16.3 Å². The van der Waals surface area contributed by atoms with Gasteiger partial charge in [-0.2, -0.15) is 5.10 Å². The zero-order chi connectivity index (χ0) is 30.4. The van der Waals surface area contributed by atoms with Crippen LogP contribution in [0.15, 0.2) is 71.5 Å². The number of hydrogen-bond donors (Lipinski definition) is 1. The fraction of sp³-hybridized carbons (Fsp3) is 0.375. The molecule has 0 fully saturated rings. The highest BCUT2D eigenvalue weighted by molar-refractivity contribution is 6.29. The van der Waals surface area contributed by atoms with E-state index < -0.39 is 17.7 Å². The van der Waals surface area contributed by atoms with E-state index in [1.54, 1.807) is 54.5 Å². The number of benzene rings is 2. The molecule has 222 valence electrons. The number of halogens is 1. The van der Waals surface area contributed by atoms with Gasteiger partial charge in [-0.15, -0.1) is 0 Å². The van der Waals surface area contributed by atoms with Crippen LogP contribution < -0.4 is 10.9 Å². The van der Waals surface area contributed by atoms with Crippen molar-refractivity contribution >= 4 is 29.1 Å². The molecule has 0 bridgehead atoms. The Kier molecular flexibility index (Phi) is 9.73. The third kappa shape index (κ3) is 7.39. The summed E-state index contributed by atoms with van der Waals surface area (Å²) in [6.45, 7) is 10.2. The largest absolute Gasteiger partial charge is 0.444 e. The first-order valence-corrected chi connectivity index (χ1v) is 14.5. The molecule has 42 heavy (non-hydrogen) atoms. The summed E-state index contributed by atoms with van der Waals surface area (Å²) in [5, 5.41) is 7.91. The van der Waals surface area contributed by atoms with Gasteiger partial charge in [0.15, 0.2) is 5.82 Å². The Balaban J connectivity index is 1.73. The molecule has 0 aliphatic carbocycles. The highest BCUT2D eigenvalue weighted by atomic mass is 35.5. The lowest BCUT2D eigenvalue weighted by Gasteiger charge is -2.32. The molecule has 4 aromatic rings. The van der Waals surface area contributed by atoms with Crippen molar-refractivity contribution in [1.82, 2.24) is 24.4 Å². The minimum Gasteiger partial charge on any atom is -0.444 e. The number of nitrogens with zero attached hydrogens (tertiary/aromatic N) is 4. The summed E-state index contributed by atoms with van der Waals surface area (Å²) >= 11 is 6.43. The second-order valence-electron chi connectivity index (χ2n) is 11.3. The first-order chi connectivity index (χ1) is 20.0. The van der Waals surface area contributed by atoms with E-state index in [0.29, 0.717) is 48.0 Å². The van der Waals surface area contributed by atoms with Crippen LogP contribution in [0.1, 0.15) is 73.9 Å². The summed E-state index contributed by atoms with van der Waals surface area (Å²) < 4.78 is 8.41. The van der Waals surface area contributed by atoms with Crippen molar-refractivity contribution in [1.29, 1.82) is 0 Å². The smallest absolute Gasteiger partial charge is 0.407 e. The molecule has 4 rings (SSSR count). The van der Waals surface area contributed by atoms with Crippen LogP contribution in [0.2, 0.25) is 5.15 Å². The molecule has 0 saturated carbocycles. The molecular formula is C32H38ClN5O4. The molecule has 0 saturated heterocycles. The maximum absolute atomic E-state index is 14.0. The van der Waals surface area contributed by atoms with Gasteiger partial charge in [0.05, 0.1) is 12.6 Å². The monoisotopic (exact) mass is 591 g/mol. The number of ether oxygens (including phenoxy) is 1. The van der Waals surface area contributed by atoms with Crippen LogP contribution in [0.3, 0.4) is 0 Å². The van der Waals surface area contributed by atoms with E-state index in [4.69, 9.17) is 21.4 Å². The number of fused-ring (bicyclic) bond motifs is 1. The van der Waals surface area contributed by atoms with E-state index in [2.05, 4.69) is 5.32 Å². The van der Waals surface area contributed by atoms with E-state index in [1.807, 2.05) is 56.3 Å². The quantitative estimate of drug-likeness (QED) is 0.228. The fourth-order valence-corrected chi connectivity index (χ4v) is 4.98. The number of alkyl carbamates (subject to hydrolysis) is 1. The third-order valence-electron chi connectivity index (χ3n) is 6.80. The molecule has 0 aliphatic heterocycles. The van der Waals surface area contributed by atoms with Gasteiger partial charge in [0, 0.05) is 18.7 Å². The van der Waals surface area contributed by atoms with Gasteiger partial charge in [0.25, 0.3) is 11.5 Å². The number of aromatic nitrogens is 3. The van der Waals surface area contributed by atoms with Crippen LogP contribution in [0.25, 0.3) is 5.52 Å². The van der Waals surface area contributed by atoms with Crippen molar-refractivity contribution < 1.29 is 14.3 Å². The molecule has 1 unspecified atom stereocenters. The Morgan fingerprint density at radius 3 is 2.38 bits per heavy atom. The van der Waals surface area contributed by atoms with Crippen LogP contribution >= 0.6 is 11.6 Å². The zero-order valence-electron chi connectivity index (χ0n) is 24.8. The van der Waals surface area contributed by atoms with E-state index in [1.165, 1.54) is 4.52 Å². The van der Waals surface area contributed by atoms with Crippen LogP contribution in [0.4, 0.5) is 4.79 Å². The highest BCUT2D eigenvalue weighted by Crippen LogP contribution is 2.26. The van der Waals surface area contributed by atoms with Crippen molar-refractivity contribution in [2.75, 3.05) is 13.1 Å². The maximum atomic E-state index is 14.0. The lowest BCUT2D eigenvalue weighted by Crippen LogP contribution is -2.41. The molecule has 2 heterocycles. The van der Waals surface area contributed by atoms with Crippen molar-refractivity contribution in [3.8, 4) is 0 Å². The lowest BCUT2D eigenvalue weighted by molar-refractivity contribution is 0.0523. The third-order valence-corrected chi connectivity index (χ3v) is 7.09. The Bertz CT molecular complexity index is 1590. The number of aryl methyl sites for hydroxylation is 1. The van der Waals surface area contributed by atoms with Gasteiger partial charge in [-0.1, -0.05) is 66.6 Å². The number of carbonyl (C=O) groups is 2. The molecule has 1 atom stereocenters. The van der Waals surface area contributed by atoms with Gasteiger partial charge in [-0.3, -0.25) is 14.2 Å². The highest BCUT2D eigenvalue weighted by Gasteiger charge is 2.30. The summed E-state index contributed by atoms with van der Waals surface area (Å²) in [6, 6.07) is 19.8. The Labute approximate surface area is 251 Å². The number of amides is 2. The molecule has 9 nitrogen and oxygen atoms in total. The van der Waals surface area contributed by atoms with E-state index in [-0.39, 0.29) is 18.0 Å². The van der Waals surface area contributed by atoms with Gasteiger partial charge in [-0.25, -0.2) is 9.31 Å². The minimum atomic E-state index is -0.614. The fourth-order valence-electron chi connectivity index (χ4n) is 4.79. The molecule has 2 amide bonds. The number of carbonyl (C=O) groups excluding carboxylic acids is 2. The molecule has 0 radical (unpaired) electrons. The summed E-state index contributed by atoms with van der Waals surface area (Å²) in [5.41, 5.74) is 1.99. The minimum absolute atomic E-state index is 0.196. The van der Waals surface area contributed by atoms with E-state index >= 15 is 0 Å².